The van der Waals surface area contributed by atoms with Crippen LogP contribution in [0.4, 0.5) is 5.69 Å². The Bertz CT molecular complexity index is 917. The molecule has 0 bridgehead atoms. The standard InChI is InChI=1S/C18H20N4OS/c1-11-5-6-12(2)16(7-11)24-10-17(23)20-14-8-15-13(3)21-22(4)18(15)19-9-14/h5-9H,10H2,1-4H3,(H,20,23). The molecule has 0 aliphatic heterocycles. The van der Waals surface area contributed by atoms with E-state index in [9.17, 15) is 4.79 Å². The Labute approximate surface area is 145 Å². The lowest BCUT2D eigenvalue weighted by Crippen LogP contribution is -2.14. The van der Waals surface area contributed by atoms with Crippen molar-refractivity contribution in [3.8, 4) is 0 Å². The summed E-state index contributed by atoms with van der Waals surface area (Å²) in [6.45, 7) is 6.05. The SMILES string of the molecule is Cc1ccc(C)c(SCC(=O)Nc2cnc3c(c2)c(C)nn3C)c1. The molecule has 5 nitrogen and oxygen atoms in total. The maximum atomic E-state index is 12.2. The molecular weight excluding hydrogens is 320 g/mol. The first kappa shape index (κ1) is 16.5. The molecule has 0 saturated carbocycles. The van der Waals surface area contributed by atoms with Crippen molar-refractivity contribution < 1.29 is 4.79 Å². The van der Waals surface area contributed by atoms with E-state index in [0.717, 1.165) is 21.6 Å². The summed E-state index contributed by atoms with van der Waals surface area (Å²) in [5.41, 5.74) is 4.80. The van der Waals surface area contributed by atoms with Crippen LogP contribution in [0.3, 0.4) is 0 Å². The van der Waals surface area contributed by atoms with Gasteiger partial charge in [0.05, 0.1) is 23.3 Å². The zero-order chi connectivity index (χ0) is 17.3. The van der Waals surface area contributed by atoms with Crippen LogP contribution in [0.1, 0.15) is 16.8 Å². The van der Waals surface area contributed by atoms with Gasteiger partial charge in [0.15, 0.2) is 5.65 Å². The highest BCUT2D eigenvalue weighted by Gasteiger charge is 2.10. The predicted octanol–water partition coefficient (Wildman–Crippen LogP) is 3.62. The number of fused-ring (bicyclic) bond motifs is 1. The van der Waals surface area contributed by atoms with Crippen LogP contribution in [0.2, 0.25) is 0 Å². The Morgan fingerprint density at radius 1 is 1.25 bits per heavy atom. The van der Waals surface area contributed by atoms with E-state index in [-0.39, 0.29) is 5.91 Å². The highest BCUT2D eigenvalue weighted by Crippen LogP contribution is 2.24. The molecule has 0 radical (unpaired) electrons. The van der Waals surface area contributed by atoms with E-state index in [0.29, 0.717) is 11.4 Å². The Morgan fingerprint density at radius 3 is 2.83 bits per heavy atom. The maximum Gasteiger partial charge on any atom is 0.234 e. The number of aromatic nitrogens is 3. The third-order valence-corrected chi connectivity index (χ3v) is 5.01. The quantitative estimate of drug-likeness (QED) is 0.737. The van der Waals surface area contributed by atoms with Crippen molar-refractivity contribution in [3.05, 3.63) is 47.3 Å². The number of amides is 1. The van der Waals surface area contributed by atoms with E-state index in [2.05, 4.69) is 47.4 Å². The van der Waals surface area contributed by atoms with Gasteiger partial charge in [-0.15, -0.1) is 11.8 Å². The van der Waals surface area contributed by atoms with Crippen LogP contribution in [0, 0.1) is 20.8 Å². The van der Waals surface area contributed by atoms with Crippen molar-refractivity contribution in [2.24, 2.45) is 7.05 Å². The zero-order valence-electron chi connectivity index (χ0n) is 14.3. The van der Waals surface area contributed by atoms with Crippen LogP contribution in [-0.2, 0) is 11.8 Å². The number of aryl methyl sites for hydroxylation is 4. The van der Waals surface area contributed by atoms with Gasteiger partial charge in [-0.3, -0.25) is 9.48 Å². The number of hydrogen-bond acceptors (Lipinski definition) is 4. The normalized spacial score (nSPS) is 11.0. The van der Waals surface area contributed by atoms with E-state index in [4.69, 9.17) is 0 Å². The van der Waals surface area contributed by atoms with Crippen LogP contribution >= 0.6 is 11.8 Å². The molecule has 1 N–H and O–H groups in total. The average Bonchev–Trinajstić information content (AvgIpc) is 2.82. The topological polar surface area (TPSA) is 59.8 Å². The number of nitrogens with one attached hydrogen (secondary N) is 1. The molecule has 124 valence electrons. The van der Waals surface area contributed by atoms with Gasteiger partial charge in [-0.05, 0) is 38.5 Å². The molecule has 3 rings (SSSR count). The first-order valence-corrected chi connectivity index (χ1v) is 8.72. The molecule has 0 fully saturated rings. The summed E-state index contributed by atoms with van der Waals surface area (Å²) in [6, 6.07) is 8.19. The lowest BCUT2D eigenvalue weighted by molar-refractivity contribution is -0.113. The monoisotopic (exact) mass is 340 g/mol. The summed E-state index contributed by atoms with van der Waals surface area (Å²) in [7, 11) is 1.86. The fourth-order valence-electron chi connectivity index (χ4n) is 2.58. The van der Waals surface area contributed by atoms with Gasteiger partial charge in [-0.25, -0.2) is 4.98 Å². The van der Waals surface area contributed by atoms with Crippen LogP contribution in [0.25, 0.3) is 11.0 Å². The van der Waals surface area contributed by atoms with Gasteiger partial charge in [0, 0.05) is 17.3 Å². The highest BCUT2D eigenvalue weighted by molar-refractivity contribution is 8.00. The minimum absolute atomic E-state index is 0.0383. The molecule has 0 aliphatic carbocycles. The van der Waals surface area contributed by atoms with Crippen LogP contribution < -0.4 is 5.32 Å². The van der Waals surface area contributed by atoms with Gasteiger partial charge in [-0.2, -0.15) is 5.10 Å². The summed E-state index contributed by atoms with van der Waals surface area (Å²) in [5.74, 6) is 0.331. The number of hydrogen-bond donors (Lipinski definition) is 1. The minimum atomic E-state index is -0.0383. The molecule has 2 heterocycles. The molecular formula is C18H20N4OS. The van der Waals surface area contributed by atoms with Crippen molar-refractivity contribution in [1.82, 2.24) is 14.8 Å². The second-order valence-corrected chi connectivity index (χ2v) is 6.93. The van der Waals surface area contributed by atoms with Gasteiger partial charge in [0.2, 0.25) is 5.91 Å². The lowest BCUT2D eigenvalue weighted by Gasteiger charge is -2.08. The van der Waals surface area contributed by atoms with Gasteiger partial charge >= 0.3 is 0 Å². The highest BCUT2D eigenvalue weighted by atomic mass is 32.2. The number of anilines is 1. The van der Waals surface area contributed by atoms with Crippen LogP contribution in [0.5, 0.6) is 0 Å². The van der Waals surface area contributed by atoms with Gasteiger partial charge in [0.1, 0.15) is 0 Å². The lowest BCUT2D eigenvalue weighted by atomic mass is 10.2. The van der Waals surface area contributed by atoms with Crippen molar-refractivity contribution in [2.45, 2.75) is 25.7 Å². The Balaban J connectivity index is 1.68. The number of carbonyl (C=O) groups excluding carboxylic acids is 1. The molecule has 1 aromatic carbocycles. The fraction of sp³-hybridized carbons (Fsp3) is 0.278. The molecule has 3 aromatic rings. The predicted molar refractivity (Wildman–Crippen MR) is 98.5 cm³/mol. The number of nitrogens with zero attached hydrogens (tertiary/aromatic N) is 3. The van der Waals surface area contributed by atoms with Crippen molar-refractivity contribution in [2.75, 3.05) is 11.1 Å². The third-order valence-electron chi connectivity index (χ3n) is 3.85. The molecule has 1 amide bonds. The molecule has 24 heavy (non-hydrogen) atoms. The number of pyridine rings is 1. The van der Waals surface area contributed by atoms with Crippen molar-refractivity contribution in [1.29, 1.82) is 0 Å². The van der Waals surface area contributed by atoms with Gasteiger partial charge in [0.25, 0.3) is 0 Å². The number of benzene rings is 1. The Morgan fingerprint density at radius 2 is 2.04 bits per heavy atom. The molecule has 0 saturated heterocycles. The smallest absolute Gasteiger partial charge is 0.234 e. The van der Waals surface area contributed by atoms with Gasteiger partial charge in [-0.1, -0.05) is 17.7 Å². The molecule has 6 heteroatoms. The van der Waals surface area contributed by atoms with E-state index in [1.807, 2.05) is 20.0 Å². The van der Waals surface area contributed by atoms with Crippen molar-refractivity contribution in [3.63, 3.8) is 0 Å². The fourth-order valence-corrected chi connectivity index (χ4v) is 3.50. The summed E-state index contributed by atoms with van der Waals surface area (Å²) in [6.07, 6.45) is 1.67. The van der Waals surface area contributed by atoms with E-state index in [1.165, 1.54) is 11.1 Å². The molecule has 0 spiro atoms. The second-order valence-electron chi connectivity index (χ2n) is 5.91. The zero-order valence-corrected chi connectivity index (χ0v) is 15.1. The largest absolute Gasteiger partial charge is 0.324 e. The maximum absolute atomic E-state index is 12.2. The number of carbonyl (C=O) groups is 1. The summed E-state index contributed by atoms with van der Waals surface area (Å²) in [4.78, 5) is 17.7. The number of rotatable bonds is 4. The first-order valence-electron chi connectivity index (χ1n) is 7.73. The molecule has 0 aliphatic rings. The molecule has 0 unspecified atom stereocenters. The Hall–Kier alpha value is -2.34. The molecule has 0 atom stereocenters. The third kappa shape index (κ3) is 3.43. The van der Waals surface area contributed by atoms with Gasteiger partial charge < -0.3 is 5.32 Å². The van der Waals surface area contributed by atoms with E-state index in [1.54, 1.807) is 22.6 Å². The van der Waals surface area contributed by atoms with Crippen LogP contribution in [-0.4, -0.2) is 26.4 Å². The van der Waals surface area contributed by atoms with Crippen LogP contribution in [0.15, 0.2) is 35.4 Å². The Kier molecular flexibility index (Phi) is 4.57. The van der Waals surface area contributed by atoms with Crippen molar-refractivity contribution >= 4 is 34.4 Å². The molecule has 2 aromatic heterocycles. The average molecular weight is 340 g/mol. The first-order chi connectivity index (χ1) is 11.4. The summed E-state index contributed by atoms with van der Waals surface area (Å²) < 4.78 is 1.74. The second kappa shape index (κ2) is 6.65. The van der Waals surface area contributed by atoms with E-state index < -0.39 is 0 Å². The summed E-state index contributed by atoms with van der Waals surface area (Å²) >= 11 is 1.55. The summed E-state index contributed by atoms with van der Waals surface area (Å²) in [5, 5.41) is 8.21. The minimum Gasteiger partial charge on any atom is -0.324 e. The number of thioether (sulfide) groups is 1. The van der Waals surface area contributed by atoms with E-state index >= 15 is 0 Å².